The topological polar surface area (TPSA) is 80.7 Å². The molecule has 1 N–H and O–H groups in total. The molecule has 1 aliphatic rings. The van der Waals surface area contributed by atoms with E-state index in [1.165, 1.54) is 19.3 Å². The van der Waals surface area contributed by atoms with Gasteiger partial charge in [-0.3, -0.25) is 14.4 Å². The number of carbonyl (C=O) groups excluding carboxylic acids is 3. The van der Waals surface area contributed by atoms with Gasteiger partial charge >= 0.3 is 5.97 Å². The molecule has 0 spiro atoms. The summed E-state index contributed by atoms with van der Waals surface area (Å²) in [6.45, 7) is 5.85. The monoisotopic (exact) mass is 422 g/mol. The Kier molecular flexibility index (Phi) is 13.6. The summed E-state index contributed by atoms with van der Waals surface area (Å²) >= 11 is 0. The molecule has 1 saturated carbocycles. The van der Waals surface area contributed by atoms with Crippen molar-refractivity contribution < 1.29 is 24.2 Å². The SMILES string of the molecule is CCCCCCCC(=O)CC[C@H]1C(O)CC(=O)[C@@H]1C/C=C\CCCC(=O)OC(C)C. The number of esters is 1. The van der Waals surface area contributed by atoms with Crippen LogP contribution in [0, 0.1) is 11.8 Å². The van der Waals surface area contributed by atoms with Crippen molar-refractivity contribution in [2.24, 2.45) is 11.8 Å². The largest absolute Gasteiger partial charge is 0.463 e. The second-order valence-electron chi connectivity index (χ2n) is 8.89. The molecule has 0 heterocycles. The van der Waals surface area contributed by atoms with Crippen LogP contribution < -0.4 is 0 Å². The average molecular weight is 423 g/mol. The second kappa shape index (κ2) is 15.3. The van der Waals surface area contributed by atoms with Crippen LogP contribution in [0.4, 0.5) is 0 Å². The highest BCUT2D eigenvalue weighted by Crippen LogP contribution is 2.35. The minimum atomic E-state index is -0.626. The van der Waals surface area contributed by atoms with Crippen LogP contribution >= 0.6 is 0 Å². The lowest BCUT2D eigenvalue weighted by Gasteiger charge is -2.19. The van der Waals surface area contributed by atoms with Gasteiger partial charge in [-0.15, -0.1) is 0 Å². The van der Waals surface area contributed by atoms with E-state index in [0.29, 0.717) is 32.1 Å². The first kappa shape index (κ1) is 26.5. The third-order valence-corrected chi connectivity index (χ3v) is 5.83. The lowest BCUT2D eigenvalue weighted by molar-refractivity contribution is -0.147. The highest BCUT2D eigenvalue weighted by atomic mass is 16.5. The first-order valence-corrected chi connectivity index (χ1v) is 11.9. The van der Waals surface area contributed by atoms with Crippen LogP contribution in [-0.4, -0.2) is 34.9 Å². The summed E-state index contributed by atoms with van der Waals surface area (Å²) in [6, 6.07) is 0. The van der Waals surface area contributed by atoms with Gasteiger partial charge in [0.2, 0.25) is 0 Å². The van der Waals surface area contributed by atoms with Gasteiger partial charge in [-0.2, -0.15) is 0 Å². The number of aliphatic hydroxyl groups is 1. The van der Waals surface area contributed by atoms with Gasteiger partial charge in [0.25, 0.3) is 0 Å². The maximum absolute atomic E-state index is 12.3. The van der Waals surface area contributed by atoms with Crippen LogP contribution in [0.15, 0.2) is 12.2 Å². The molecule has 1 fully saturated rings. The van der Waals surface area contributed by atoms with Crippen LogP contribution in [0.3, 0.4) is 0 Å². The Bertz CT molecular complexity index is 552. The molecule has 0 bridgehead atoms. The van der Waals surface area contributed by atoms with Crippen molar-refractivity contribution in [2.75, 3.05) is 0 Å². The van der Waals surface area contributed by atoms with Crippen molar-refractivity contribution in [1.29, 1.82) is 0 Å². The zero-order valence-corrected chi connectivity index (χ0v) is 19.2. The minimum Gasteiger partial charge on any atom is -0.463 e. The molecule has 0 radical (unpaired) electrons. The molecule has 0 aromatic rings. The zero-order valence-electron chi connectivity index (χ0n) is 19.2. The highest BCUT2D eigenvalue weighted by Gasteiger charge is 2.40. The molecule has 0 amide bonds. The number of ketones is 2. The summed E-state index contributed by atoms with van der Waals surface area (Å²) in [4.78, 5) is 36.0. The van der Waals surface area contributed by atoms with E-state index in [1.807, 2.05) is 26.0 Å². The number of allylic oxidation sites excluding steroid dienone is 2. The van der Waals surface area contributed by atoms with Gasteiger partial charge < -0.3 is 9.84 Å². The molecular formula is C25H42O5. The zero-order chi connectivity index (χ0) is 22.4. The maximum atomic E-state index is 12.3. The normalized spacial score (nSPS) is 21.6. The average Bonchev–Trinajstić information content (AvgIpc) is 2.94. The van der Waals surface area contributed by atoms with Crippen molar-refractivity contribution in [3.63, 3.8) is 0 Å². The fourth-order valence-electron chi connectivity index (χ4n) is 4.14. The summed E-state index contributed by atoms with van der Waals surface area (Å²) in [5.41, 5.74) is 0. The summed E-state index contributed by atoms with van der Waals surface area (Å²) in [5.74, 6) is -0.139. The number of carbonyl (C=O) groups is 3. The van der Waals surface area contributed by atoms with Crippen molar-refractivity contribution in [2.45, 2.75) is 116 Å². The molecular weight excluding hydrogens is 380 g/mol. The van der Waals surface area contributed by atoms with Gasteiger partial charge in [-0.05, 0) is 51.9 Å². The van der Waals surface area contributed by atoms with Gasteiger partial charge in [-0.25, -0.2) is 0 Å². The summed E-state index contributed by atoms with van der Waals surface area (Å²) in [5, 5.41) is 10.3. The third kappa shape index (κ3) is 11.1. The summed E-state index contributed by atoms with van der Waals surface area (Å²) in [6.07, 6.45) is 13.3. The predicted octanol–water partition coefficient (Wildman–Crippen LogP) is 5.33. The molecule has 0 aromatic heterocycles. The number of Topliss-reactive ketones (excluding diaryl/α,β-unsaturated/α-hetero) is 2. The Hall–Kier alpha value is -1.49. The molecule has 1 aliphatic carbocycles. The number of hydrogen-bond donors (Lipinski definition) is 1. The Morgan fingerprint density at radius 2 is 1.80 bits per heavy atom. The fraction of sp³-hybridized carbons (Fsp3) is 0.800. The standard InChI is InChI=1S/C25H42O5/c1-4-5-6-7-10-13-20(26)16-17-22-21(23(27)18-24(22)28)14-11-8-9-12-15-25(29)30-19(2)3/h8,11,19,21-22,24,28H,4-7,9-10,12-18H2,1-3H3/b11-8-/t21-,22-,24?/m1/s1. The van der Waals surface area contributed by atoms with Crippen molar-refractivity contribution in [3.05, 3.63) is 12.2 Å². The molecule has 172 valence electrons. The molecule has 0 aliphatic heterocycles. The molecule has 5 nitrogen and oxygen atoms in total. The van der Waals surface area contributed by atoms with E-state index in [9.17, 15) is 19.5 Å². The summed E-state index contributed by atoms with van der Waals surface area (Å²) in [7, 11) is 0. The first-order chi connectivity index (χ1) is 14.3. The molecule has 3 atom stereocenters. The Labute approximate surface area is 182 Å². The Morgan fingerprint density at radius 1 is 1.07 bits per heavy atom. The smallest absolute Gasteiger partial charge is 0.306 e. The second-order valence-corrected chi connectivity index (χ2v) is 8.89. The Morgan fingerprint density at radius 3 is 2.50 bits per heavy atom. The number of aliphatic hydroxyl groups excluding tert-OH is 1. The van der Waals surface area contributed by atoms with Gasteiger partial charge in [0, 0.05) is 31.6 Å². The molecule has 0 saturated heterocycles. The van der Waals surface area contributed by atoms with E-state index in [-0.39, 0.29) is 41.9 Å². The lowest BCUT2D eigenvalue weighted by Crippen LogP contribution is -2.21. The van der Waals surface area contributed by atoms with Gasteiger partial charge in [0.05, 0.1) is 12.2 Å². The fourth-order valence-corrected chi connectivity index (χ4v) is 4.14. The number of ether oxygens (including phenoxy) is 1. The number of unbranched alkanes of at least 4 members (excludes halogenated alkanes) is 5. The lowest BCUT2D eigenvalue weighted by atomic mass is 9.86. The van der Waals surface area contributed by atoms with E-state index in [0.717, 1.165) is 25.7 Å². The van der Waals surface area contributed by atoms with Gasteiger partial charge in [-0.1, -0.05) is 44.8 Å². The van der Waals surface area contributed by atoms with Crippen LogP contribution in [0.5, 0.6) is 0 Å². The minimum absolute atomic E-state index is 0.0854. The molecule has 1 unspecified atom stereocenters. The molecule has 5 heteroatoms. The van der Waals surface area contributed by atoms with Crippen LogP contribution in [0.25, 0.3) is 0 Å². The maximum Gasteiger partial charge on any atom is 0.306 e. The number of hydrogen-bond acceptors (Lipinski definition) is 5. The van der Waals surface area contributed by atoms with E-state index in [4.69, 9.17) is 4.74 Å². The van der Waals surface area contributed by atoms with Crippen molar-refractivity contribution >= 4 is 17.5 Å². The third-order valence-electron chi connectivity index (χ3n) is 5.83. The molecule has 0 aromatic carbocycles. The first-order valence-electron chi connectivity index (χ1n) is 11.9. The van der Waals surface area contributed by atoms with Crippen LogP contribution in [0.2, 0.25) is 0 Å². The van der Waals surface area contributed by atoms with E-state index >= 15 is 0 Å². The van der Waals surface area contributed by atoms with Crippen molar-refractivity contribution in [3.8, 4) is 0 Å². The van der Waals surface area contributed by atoms with E-state index < -0.39 is 6.10 Å². The van der Waals surface area contributed by atoms with E-state index in [1.54, 1.807) is 0 Å². The van der Waals surface area contributed by atoms with E-state index in [2.05, 4.69) is 6.92 Å². The molecule has 30 heavy (non-hydrogen) atoms. The summed E-state index contributed by atoms with van der Waals surface area (Å²) < 4.78 is 5.10. The predicted molar refractivity (Wildman–Crippen MR) is 119 cm³/mol. The highest BCUT2D eigenvalue weighted by molar-refractivity contribution is 5.84. The Balaban J connectivity index is 2.31. The van der Waals surface area contributed by atoms with Crippen LogP contribution in [0.1, 0.15) is 104 Å². The number of rotatable bonds is 16. The quantitative estimate of drug-likeness (QED) is 0.206. The van der Waals surface area contributed by atoms with Crippen molar-refractivity contribution in [1.82, 2.24) is 0 Å². The van der Waals surface area contributed by atoms with Gasteiger partial charge in [0.1, 0.15) is 11.6 Å². The molecule has 1 rings (SSSR count). The van der Waals surface area contributed by atoms with Gasteiger partial charge in [0.15, 0.2) is 0 Å². The van der Waals surface area contributed by atoms with Crippen LogP contribution in [-0.2, 0) is 19.1 Å².